The molecule has 1 aliphatic rings. The average molecular weight is 787 g/mol. The van der Waals surface area contributed by atoms with Crippen molar-refractivity contribution >= 4 is 16.9 Å². The molecule has 0 bridgehead atoms. The number of carbonyl (C=O) groups is 1. The monoisotopic (exact) mass is 786 g/mol. The molecule has 1 aromatic heterocycles. The number of hydrogen-bond acceptors (Lipinski definition) is 11. The Morgan fingerprint density at radius 3 is 1.67 bits per heavy atom. The van der Waals surface area contributed by atoms with E-state index in [1.165, 1.54) is 6.92 Å². The van der Waals surface area contributed by atoms with Crippen LogP contribution in [0.15, 0.2) is 149 Å². The van der Waals surface area contributed by atoms with Crippen LogP contribution in [0.25, 0.3) is 11.0 Å². The van der Waals surface area contributed by atoms with Crippen LogP contribution in [-0.4, -0.2) is 49.9 Å². The Morgan fingerprint density at radius 2 is 1.14 bits per heavy atom. The molecule has 5 aromatic carbocycles. The molecule has 0 radical (unpaired) electrons. The van der Waals surface area contributed by atoms with E-state index in [4.69, 9.17) is 42.3 Å². The Morgan fingerprint density at radius 1 is 0.621 bits per heavy atom. The third-order valence-corrected chi connectivity index (χ3v) is 9.42. The van der Waals surface area contributed by atoms with E-state index in [0.29, 0.717) is 24.3 Å². The lowest BCUT2D eigenvalue weighted by atomic mass is 9.97. The lowest BCUT2D eigenvalue weighted by molar-refractivity contribution is -0.310. The van der Waals surface area contributed by atoms with Gasteiger partial charge in [0.05, 0.1) is 45.0 Å². The lowest BCUT2D eigenvalue weighted by Gasteiger charge is -2.45. The van der Waals surface area contributed by atoms with Crippen LogP contribution >= 0.6 is 0 Å². The highest BCUT2D eigenvalue weighted by molar-refractivity contribution is 5.87. The first-order valence-electron chi connectivity index (χ1n) is 19.3. The van der Waals surface area contributed by atoms with Gasteiger partial charge in [-0.1, -0.05) is 121 Å². The Balaban J connectivity index is 1.31. The Bertz CT molecular complexity index is 2250. The molecule has 0 N–H and O–H groups in total. The highest BCUT2D eigenvalue weighted by Gasteiger charge is 2.50. The van der Waals surface area contributed by atoms with Gasteiger partial charge in [0.15, 0.2) is 5.75 Å². The average Bonchev–Trinajstić information content (AvgIpc) is 3.24. The second-order valence-corrected chi connectivity index (χ2v) is 13.7. The van der Waals surface area contributed by atoms with E-state index in [2.05, 4.69) is 0 Å². The second kappa shape index (κ2) is 20.0. The van der Waals surface area contributed by atoms with Crippen LogP contribution in [0.1, 0.15) is 36.1 Å². The van der Waals surface area contributed by atoms with Crippen LogP contribution in [0.2, 0.25) is 0 Å². The third-order valence-electron chi connectivity index (χ3n) is 9.42. The summed E-state index contributed by atoms with van der Waals surface area (Å²) in [6.45, 7) is 4.44. The maximum absolute atomic E-state index is 13.5. The minimum absolute atomic E-state index is 0.0720. The molecule has 1 aliphatic heterocycles. The van der Waals surface area contributed by atoms with Gasteiger partial charge in [0.25, 0.3) is 5.75 Å². The smallest absolute Gasteiger partial charge is 0.383 e. The fraction of sp³-hybridized carbons (Fsp3) is 0.277. The summed E-state index contributed by atoms with van der Waals surface area (Å²) in [5, 5.41) is 0.339. The van der Waals surface area contributed by atoms with Gasteiger partial charge < -0.3 is 42.3 Å². The molecular formula is C47H46O11. The first-order chi connectivity index (χ1) is 28.4. The van der Waals surface area contributed by atoms with Crippen LogP contribution in [0.4, 0.5) is 0 Å². The topological polar surface area (TPSA) is 121 Å². The van der Waals surface area contributed by atoms with Gasteiger partial charge in [-0.05, 0) is 41.3 Å². The van der Waals surface area contributed by atoms with Crippen molar-refractivity contribution in [2.45, 2.75) is 71.0 Å². The van der Waals surface area contributed by atoms with Crippen LogP contribution in [0.5, 0.6) is 17.2 Å². The SMILES string of the molecule is CCOc1ccc2c(O[C@@H]3O[C@H](COCc4ccccc4)[C@H](OCc4ccccc4)[C@H](OCc4ccccc4)[C@H]3OCc3ccccc3)c(OC(C)=O)c(=O)oc2c1. The van der Waals surface area contributed by atoms with E-state index in [-0.39, 0.29) is 37.8 Å². The highest BCUT2D eigenvalue weighted by Crippen LogP contribution is 2.39. The van der Waals surface area contributed by atoms with Gasteiger partial charge in [-0.3, -0.25) is 4.79 Å². The number of benzene rings is 5. The predicted octanol–water partition coefficient (Wildman–Crippen LogP) is 8.19. The van der Waals surface area contributed by atoms with E-state index in [9.17, 15) is 9.59 Å². The third kappa shape index (κ3) is 10.6. The lowest BCUT2D eigenvalue weighted by Crippen LogP contribution is -2.62. The first-order valence-corrected chi connectivity index (χ1v) is 19.3. The zero-order valence-corrected chi connectivity index (χ0v) is 32.4. The molecule has 11 nitrogen and oxygen atoms in total. The summed E-state index contributed by atoms with van der Waals surface area (Å²) in [7, 11) is 0. The van der Waals surface area contributed by atoms with E-state index in [1.54, 1.807) is 18.2 Å². The fourth-order valence-electron chi connectivity index (χ4n) is 6.70. The van der Waals surface area contributed by atoms with Gasteiger partial charge >= 0.3 is 11.6 Å². The van der Waals surface area contributed by atoms with E-state index < -0.39 is 48.1 Å². The van der Waals surface area contributed by atoms with E-state index in [0.717, 1.165) is 22.3 Å². The number of ether oxygens (including phenoxy) is 8. The van der Waals surface area contributed by atoms with Crippen molar-refractivity contribution < 1.29 is 47.1 Å². The van der Waals surface area contributed by atoms with Crippen molar-refractivity contribution in [3.05, 3.63) is 172 Å². The summed E-state index contributed by atoms with van der Waals surface area (Å²) >= 11 is 0. The van der Waals surface area contributed by atoms with E-state index >= 15 is 0 Å². The number of hydrogen-bond donors (Lipinski definition) is 0. The van der Waals surface area contributed by atoms with Crippen LogP contribution in [0, 0.1) is 0 Å². The Kier molecular flexibility index (Phi) is 14.0. The molecule has 6 aromatic rings. The largest absolute Gasteiger partial charge is 0.494 e. The van der Waals surface area contributed by atoms with Crippen molar-refractivity contribution in [2.24, 2.45) is 0 Å². The van der Waals surface area contributed by atoms with Crippen molar-refractivity contribution in [1.29, 1.82) is 0 Å². The van der Waals surface area contributed by atoms with Gasteiger partial charge in [-0.15, -0.1) is 0 Å². The summed E-state index contributed by atoms with van der Waals surface area (Å²) < 4.78 is 57.0. The number of rotatable bonds is 18. The van der Waals surface area contributed by atoms with Crippen molar-refractivity contribution in [1.82, 2.24) is 0 Å². The van der Waals surface area contributed by atoms with Crippen molar-refractivity contribution in [3.63, 3.8) is 0 Å². The zero-order chi connectivity index (χ0) is 40.1. The molecule has 0 aliphatic carbocycles. The molecule has 5 atom stereocenters. The minimum atomic E-state index is -1.25. The fourth-order valence-corrected chi connectivity index (χ4v) is 6.70. The molecule has 0 unspecified atom stereocenters. The molecule has 2 heterocycles. The minimum Gasteiger partial charge on any atom is -0.494 e. The maximum atomic E-state index is 13.5. The second-order valence-electron chi connectivity index (χ2n) is 13.7. The van der Waals surface area contributed by atoms with E-state index in [1.807, 2.05) is 128 Å². The van der Waals surface area contributed by atoms with Gasteiger partial charge in [0.2, 0.25) is 6.29 Å². The Hall–Kier alpha value is -5.82. The molecule has 0 saturated carbocycles. The Labute approximate surface area is 336 Å². The summed E-state index contributed by atoms with van der Waals surface area (Å²) in [5.74, 6) is -0.770. The highest BCUT2D eigenvalue weighted by atomic mass is 16.7. The molecule has 300 valence electrons. The summed E-state index contributed by atoms with van der Waals surface area (Å²) in [6.07, 6.45) is -4.55. The van der Waals surface area contributed by atoms with Gasteiger partial charge in [-0.2, -0.15) is 0 Å². The number of carbonyl (C=O) groups excluding carboxylic acids is 1. The maximum Gasteiger partial charge on any atom is 0.383 e. The molecule has 1 saturated heterocycles. The molecule has 0 spiro atoms. The van der Waals surface area contributed by atoms with Gasteiger partial charge in [0, 0.05) is 13.0 Å². The van der Waals surface area contributed by atoms with Crippen LogP contribution < -0.4 is 19.8 Å². The van der Waals surface area contributed by atoms with Crippen molar-refractivity contribution in [2.75, 3.05) is 13.2 Å². The van der Waals surface area contributed by atoms with Crippen LogP contribution in [-0.2, 0) is 54.9 Å². The summed E-state index contributed by atoms with van der Waals surface area (Å²) in [4.78, 5) is 25.9. The summed E-state index contributed by atoms with van der Waals surface area (Å²) in [5.41, 5.74) is 2.99. The molecule has 11 heteroatoms. The van der Waals surface area contributed by atoms with Gasteiger partial charge in [-0.25, -0.2) is 4.79 Å². The molecule has 58 heavy (non-hydrogen) atoms. The quantitative estimate of drug-likeness (QED) is 0.0620. The van der Waals surface area contributed by atoms with Crippen LogP contribution in [0.3, 0.4) is 0 Å². The first kappa shape index (κ1) is 40.4. The number of fused-ring (bicyclic) bond motifs is 1. The standard InChI is InChI=1S/C47H46O11/c1-3-51-37-24-25-38-39(26-37)56-46(49)44(55-32(2)48)41(38)58-47-45(54-30-36-22-14-7-15-23-36)43(53-29-35-20-12-6-13-21-35)42(52-28-34-18-10-5-11-19-34)40(57-47)31-50-27-33-16-8-4-9-17-33/h4-26,40,42-43,45,47H,3,27-31H2,1-2H3/t40-,42+,43+,45-,47+/m1/s1. The molecular weight excluding hydrogens is 741 g/mol. The normalized spacial score (nSPS) is 19.1. The van der Waals surface area contributed by atoms with Gasteiger partial charge in [0.1, 0.15) is 35.7 Å². The molecule has 0 amide bonds. The zero-order valence-electron chi connectivity index (χ0n) is 32.4. The molecule has 1 fully saturated rings. The summed E-state index contributed by atoms with van der Waals surface area (Å²) in [6, 6.07) is 44.1. The number of esters is 1. The molecule has 7 rings (SSSR count). The predicted molar refractivity (Wildman–Crippen MR) is 215 cm³/mol. The van der Waals surface area contributed by atoms with Crippen molar-refractivity contribution in [3.8, 4) is 17.2 Å².